The first-order valence-electron chi connectivity index (χ1n) is 8.87. The van der Waals surface area contributed by atoms with Gasteiger partial charge in [0.25, 0.3) is 5.91 Å². The molecule has 1 saturated heterocycles. The van der Waals surface area contributed by atoms with E-state index in [1.807, 2.05) is 60.4 Å². The second kappa shape index (κ2) is 8.27. The summed E-state index contributed by atoms with van der Waals surface area (Å²) in [5, 5.41) is 0.883. The van der Waals surface area contributed by atoms with Gasteiger partial charge in [-0.25, -0.2) is 4.98 Å². The van der Waals surface area contributed by atoms with Gasteiger partial charge in [-0.1, -0.05) is 36.4 Å². The van der Waals surface area contributed by atoms with Crippen LogP contribution in [0.3, 0.4) is 0 Å². The lowest BCUT2D eigenvalue weighted by molar-refractivity contribution is 0.0764. The third-order valence-electron chi connectivity index (χ3n) is 4.62. The number of hydrogen-bond acceptors (Lipinski definition) is 5. The molecule has 0 saturated carbocycles. The highest BCUT2D eigenvalue weighted by molar-refractivity contribution is 9.10. The van der Waals surface area contributed by atoms with Gasteiger partial charge < -0.3 is 9.64 Å². The molecule has 1 aliphatic rings. The third-order valence-corrected chi connectivity index (χ3v) is 7.70. The molecule has 0 bridgehead atoms. The fourth-order valence-electron chi connectivity index (χ4n) is 3.22. The Balaban J connectivity index is 1.62. The molecule has 0 spiro atoms. The number of aromatic nitrogens is 1. The van der Waals surface area contributed by atoms with Crippen LogP contribution < -0.4 is 4.74 Å². The molecule has 1 atom stereocenters. The van der Waals surface area contributed by atoms with Crippen LogP contribution in [0.1, 0.15) is 26.3 Å². The number of thiazole rings is 1. The largest absolute Gasteiger partial charge is 0.496 e. The van der Waals surface area contributed by atoms with Gasteiger partial charge in [0.05, 0.1) is 17.3 Å². The molecule has 3 aromatic rings. The topological polar surface area (TPSA) is 42.4 Å². The lowest BCUT2D eigenvalue weighted by Crippen LogP contribution is -2.30. The first-order valence-corrected chi connectivity index (χ1v) is 11.5. The molecular weight excluding hydrogens is 456 g/mol. The van der Waals surface area contributed by atoms with E-state index in [2.05, 4.69) is 20.9 Å². The molecule has 4 nitrogen and oxygen atoms in total. The van der Waals surface area contributed by atoms with E-state index in [0.29, 0.717) is 0 Å². The van der Waals surface area contributed by atoms with Crippen molar-refractivity contribution >= 4 is 44.9 Å². The highest BCUT2D eigenvalue weighted by Gasteiger charge is 2.33. The number of halogens is 1. The normalized spacial score (nSPS) is 16.4. The molecule has 2 aromatic carbocycles. The Hall–Kier alpha value is -1.83. The Kier molecular flexibility index (Phi) is 5.75. The van der Waals surface area contributed by atoms with Crippen LogP contribution >= 0.6 is 39.0 Å². The standard InChI is InChI=1S/C21H19BrN2O2S2/c1-13-18(28-19(23-13)14-6-4-3-5-7-14)20(25)24-10-11-27-21(24)15-8-9-17(26-2)16(22)12-15/h3-9,12,21H,10-11H2,1-2H3. The summed E-state index contributed by atoms with van der Waals surface area (Å²) < 4.78 is 6.22. The van der Waals surface area contributed by atoms with Crippen molar-refractivity contribution in [3.05, 3.63) is 69.1 Å². The number of rotatable bonds is 4. The van der Waals surface area contributed by atoms with Crippen molar-refractivity contribution in [1.29, 1.82) is 0 Å². The van der Waals surface area contributed by atoms with Crippen molar-refractivity contribution < 1.29 is 9.53 Å². The number of carbonyl (C=O) groups excluding carboxylic acids is 1. The molecule has 1 unspecified atom stereocenters. The van der Waals surface area contributed by atoms with Crippen molar-refractivity contribution in [3.8, 4) is 16.3 Å². The van der Waals surface area contributed by atoms with E-state index in [1.165, 1.54) is 11.3 Å². The second-order valence-corrected chi connectivity index (χ2v) is 9.46. The molecule has 0 radical (unpaired) electrons. The third kappa shape index (κ3) is 3.71. The molecular formula is C21H19BrN2O2S2. The maximum Gasteiger partial charge on any atom is 0.267 e. The molecule has 1 fully saturated rings. The van der Waals surface area contributed by atoms with Gasteiger partial charge in [0.15, 0.2) is 0 Å². The van der Waals surface area contributed by atoms with Gasteiger partial charge in [-0.2, -0.15) is 0 Å². The first kappa shape index (κ1) is 19.5. The van der Waals surface area contributed by atoms with E-state index < -0.39 is 0 Å². The Morgan fingerprint density at radius 2 is 2.04 bits per heavy atom. The average molecular weight is 475 g/mol. The van der Waals surface area contributed by atoms with Crippen molar-refractivity contribution in [3.63, 3.8) is 0 Å². The number of thioether (sulfide) groups is 1. The van der Waals surface area contributed by atoms with Gasteiger partial charge in [-0.3, -0.25) is 4.79 Å². The minimum Gasteiger partial charge on any atom is -0.496 e. The summed E-state index contributed by atoms with van der Waals surface area (Å²) >= 11 is 6.81. The summed E-state index contributed by atoms with van der Waals surface area (Å²) in [6.07, 6.45) is 0. The predicted molar refractivity (Wildman–Crippen MR) is 119 cm³/mol. The molecule has 4 rings (SSSR count). The molecule has 7 heteroatoms. The summed E-state index contributed by atoms with van der Waals surface area (Å²) in [5.41, 5.74) is 2.93. The van der Waals surface area contributed by atoms with Crippen LogP contribution in [0, 0.1) is 6.92 Å². The van der Waals surface area contributed by atoms with Crippen LogP contribution in [0.2, 0.25) is 0 Å². The van der Waals surface area contributed by atoms with E-state index in [-0.39, 0.29) is 11.3 Å². The molecule has 1 amide bonds. The van der Waals surface area contributed by atoms with E-state index in [4.69, 9.17) is 4.74 Å². The van der Waals surface area contributed by atoms with Crippen LogP contribution in [0.4, 0.5) is 0 Å². The fourth-order valence-corrected chi connectivity index (χ4v) is 6.05. The van der Waals surface area contributed by atoms with Crippen molar-refractivity contribution in [2.75, 3.05) is 19.4 Å². The van der Waals surface area contributed by atoms with E-state index in [0.717, 1.165) is 49.2 Å². The van der Waals surface area contributed by atoms with Crippen molar-refractivity contribution in [2.45, 2.75) is 12.3 Å². The maximum atomic E-state index is 13.4. The zero-order valence-electron chi connectivity index (χ0n) is 15.5. The number of carbonyl (C=O) groups is 1. The van der Waals surface area contributed by atoms with E-state index >= 15 is 0 Å². The summed E-state index contributed by atoms with van der Waals surface area (Å²) in [7, 11) is 1.65. The van der Waals surface area contributed by atoms with Crippen molar-refractivity contribution in [1.82, 2.24) is 9.88 Å². The lowest BCUT2D eigenvalue weighted by Gasteiger charge is -2.24. The average Bonchev–Trinajstić information content (AvgIpc) is 3.35. The Morgan fingerprint density at radius 3 is 2.75 bits per heavy atom. The number of amides is 1. The van der Waals surface area contributed by atoms with E-state index in [9.17, 15) is 4.79 Å². The molecule has 144 valence electrons. The highest BCUT2D eigenvalue weighted by Crippen LogP contribution is 2.42. The van der Waals surface area contributed by atoms with Crippen LogP contribution in [-0.2, 0) is 0 Å². The molecule has 2 heterocycles. The maximum absolute atomic E-state index is 13.4. The summed E-state index contributed by atoms with van der Waals surface area (Å²) in [5.74, 6) is 1.76. The number of ether oxygens (including phenoxy) is 1. The van der Waals surface area contributed by atoms with Crippen molar-refractivity contribution in [2.24, 2.45) is 0 Å². The fraction of sp³-hybridized carbons (Fsp3) is 0.238. The van der Waals surface area contributed by atoms with Gasteiger partial charge >= 0.3 is 0 Å². The summed E-state index contributed by atoms with van der Waals surface area (Å²) in [6, 6.07) is 16.0. The lowest BCUT2D eigenvalue weighted by atomic mass is 10.2. The van der Waals surface area contributed by atoms with Crippen LogP contribution in [-0.4, -0.2) is 35.2 Å². The number of benzene rings is 2. The zero-order valence-corrected chi connectivity index (χ0v) is 18.7. The number of hydrogen-bond donors (Lipinski definition) is 0. The SMILES string of the molecule is COc1ccc(C2SCCN2C(=O)c2sc(-c3ccccc3)nc2C)cc1Br. The predicted octanol–water partition coefficient (Wildman–Crippen LogP) is 5.78. The van der Waals surface area contributed by atoms with Gasteiger partial charge in [0.1, 0.15) is 21.0 Å². The first-order chi connectivity index (χ1) is 13.6. The molecule has 0 aliphatic carbocycles. The van der Waals surface area contributed by atoms with Crippen LogP contribution in [0.5, 0.6) is 5.75 Å². The van der Waals surface area contributed by atoms with Gasteiger partial charge in [-0.15, -0.1) is 23.1 Å². The second-order valence-electron chi connectivity index (χ2n) is 6.42. The Bertz CT molecular complexity index is 1010. The highest BCUT2D eigenvalue weighted by atomic mass is 79.9. The monoisotopic (exact) mass is 474 g/mol. The smallest absolute Gasteiger partial charge is 0.267 e. The zero-order chi connectivity index (χ0) is 19.7. The minimum absolute atomic E-state index is 0.00335. The number of methoxy groups -OCH3 is 1. The van der Waals surface area contributed by atoms with Gasteiger partial charge in [0, 0.05) is 17.9 Å². The molecule has 28 heavy (non-hydrogen) atoms. The van der Waals surface area contributed by atoms with Crippen LogP contribution in [0.15, 0.2) is 53.0 Å². The van der Waals surface area contributed by atoms with Gasteiger partial charge in [-0.05, 0) is 40.5 Å². The Morgan fingerprint density at radius 1 is 1.25 bits per heavy atom. The summed E-state index contributed by atoms with van der Waals surface area (Å²) in [6.45, 7) is 2.65. The van der Waals surface area contributed by atoms with Crippen LogP contribution in [0.25, 0.3) is 10.6 Å². The Labute approximate surface area is 181 Å². The number of nitrogens with zero attached hydrogens (tertiary/aromatic N) is 2. The quantitative estimate of drug-likeness (QED) is 0.480. The molecule has 0 N–H and O–H groups in total. The minimum atomic E-state index is -0.00335. The molecule has 1 aromatic heterocycles. The van der Waals surface area contributed by atoms with Gasteiger partial charge in [0.2, 0.25) is 0 Å². The molecule has 1 aliphatic heterocycles. The summed E-state index contributed by atoms with van der Waals surface area (Å²) in [4.78, 5) is 20.7. The van der Waals surface area contributed by atoms with E-state index in [1.54, 1.807) is 18.9 Å². The number of aryl methyl sites for hydroxylation is 1.